The molecule has 6 nitrogen and oxygen atoms in total. The fraction of sp³-hybridized carbons (Fsp3) is 0.636. The van der Waals surface area contributed by atoms with Gasteiger partial charge in [-0.05, 0) is 13.8 Å². The lowest BCUT2D eigenvalue weighted by Crippen LogP contribution is -2.52. The van der Waals surface area contributed by atoms with Crippen molar-refractivity contribution in [1.82, 2.24) is 20.2 Å². The van der Waals surface area contributed by atoms with E-state index in [4.69, 9.17) is 0 Å². The van der Waals surface area contributed by atoms with Crippen molar-refractivity contribution >= 4 is 0 Å². The smallest absolute Gasteiger partial charge is 0.254 e. The first-order valence-corrected chi connectivity index (χ1v) is 5.77. The molecule has 6 heteroatoms. The van der Waals surface area contributed by atoms with E-state index < -0.39 is 0 Å². The molecule has 1 aromatic heterocycles. The van der Waals surface area contributed by atoms with Crippen LogP contribution in [0, 0.1) is 0 Å². The Morgan fingerprint density at radius 1 is 1.41 bits per heavy atom. The van der Waals surface area contributed by atoms with Crippen LogP contribution in [-0.4, -0.2) is 46.2 Å². The number of H-pyrrole nitrogens is 1. The van der Waals surface area contributed by atoms with Gasteiger partial charge in [0.2, 0.25) is 5.88 Å². The van der Waals surface area contributed by atoms with Crippen LogP contribution in [0.5, 0.6) is 5.88 Å². The maximum Gasteiger partial charge on any atom is 0.254 e. The van der Waals surface area contributed by atoms with Gasteiger partial charge in [-0.1, -0.05) is 0 Å². The van der Waals surface area contributed by atoms with Gasteiger partial charge in [0.05, 0.1) is 11.6 Å². The lowest BCUT2D eigenvalue weighted by Gasteiger charge is -2.40. The van der Waals surface area contributed by atoms with Crippen LogP contribution in [0.4, 0.5) is 0 Å². The molecule has 0 aromatic carbocycles. The second-order valence-electron chi connectivity index (χ2n) is 4.75. The lowest BCUT2D eigenvalue weighted by atomic mass is 10.0. The van der Waals surface area contributed by atoms with Gasteiger partial charge in [0.1, 0.15) is 5.82 Å². The number of aromatic nitrogens is 2. The number of hydrogen-bond acceptors (Lipinski definition) is 5. The number of nitrogens with zero attached hydrogens (tertiary/aromatic N) is 2. The average Bonchev–Trinajstić information content (AvgIpc) is 2.29. The standard InChI is InChI=1S/C11H18N4O2/c1-11(2,15-5-3-12-4-6-15)10-13-8(16)7-9(17)14-10/h7,12H,3-6H2,1-2H3,(H2,13,14,16,17). The zero-order valence-corrected chi connectivity index (χ0v) is 10.2. The zero-order chi connectivity index (χ0) is 12.5. The van der Waals surface area contributed by atoms with Crippen LogP contribution in [0.3, 0.4) is 0 Å². The van der Waals surface area contributed by atoms with Gasteiger partial charge in [0.15, 0.2) is 0 Å². The molecule has 2 heterocycles. The fourth-order valence-electron chi connectivity index (χ4n) is 2.11. The van der Waals surface area contributed by atoms with Crippen molar-refractivity contribution in [2.24, 2.45) is 0 Å². The van der Waals surface area contributed by atoms with Crippen LogP contribution in [-0.2, 0) is 5.54 Å². The van der Waals surface area contributed by atoms with E-state index in [1.165, 1.54) is 0 Å². The van der Waals surface area contributed by atoms with Gasteiger partial charge >= 0.3 is 0 Å². The van der Waals surface area contributed by atoms with Gasteiger partial charge in [-0.25, -0.2) is 0 Å². The largest absolute Gasteiger partial charge is 0.493 e. The summed E-state index contributed by atoms with van der Waals surface area (Å²) in [5.74, 6) is 0.274. The molecule has 94 valence electrons. The molecule has 1 aromatic rings. The van der Waals surface area contributed by atoms with Gasteiger partial charge in [-0.2, -0.15) is 4.98 Å². The van der Waals surface area contributed by atoms with Crippen LogP contribution in [0.25, 0.3) is 0 Å². The lowest BCUT2D eigenvalue weighted by molar-refractivity contribution is 0.0939. The van der Waals surface area contributed by atoms with Gasteiger partial charge < -0.3 is 15.4 Å². The molecule has 17 heavy (non-hydrogen) atoms. The number of rotatable bonds is 2. The summed E-state index contributed by atoms with van der Waals surface area (Å²) in [5.41, 5.74) is -0.712. The van der Waals surface area contributed by atoms with Gasteiger partial charge in [0, 0.05) is 26.2 Å². The highest BCUT2D eigenvalue weighted by molar-refractivity contribution is 5.12. The fourth-order valence-corrected chi connectivity index (χ4v) is 2.11. The zero-order valence-electron chi connectivity index (χ0n) is 10.2. The summed E-state index contributed by atoms with van der Waals surface area (Å²) < 4.78 is 0. The molecule has 1 fully saturated rings. The van der Waals surface area contributed by atoms with E-state index >= 15 is 0 Å². The molecule has 0 atom stereocenters. The molecule has 0 bridgehead atoms. The van der Waals surface area contributed by atoms with E-state index in [1.54, 1.807) is 0 Å². The highest BCUT2D eigenvalue weighted by atomic mass is 16.3. The summed E-state index contributed by atoms with van der Waals surface area (Å²) in [6, 6.07) is 1.08. The van der Waals surface area contributed by atoms with Gasteiger partial charge in [0.25, 0.3) is 5.56 Å². The summed E-state index contributed by atoms with van der Waals surface area (Å²) >= 11 is 0. The second-order valence-corrected chi connectivity index (χ2v) is 4.75. The second kappa shape index (κ2) is 4.46. The number of aromatic hydroxyl groups is 1. The maximum absolute atomic E-state index is 11.4. The topological polar surface area (TPSA) is 81.2 Å². The Morgan fingerprint density at radius 2 is 2.06 bits per heavy atom. The Bertz CT molecular complexity index is 449. The molecule has 0 aliphatic carbocycles. The summed E-state index contributed by atoms with van der Waals surface area (Å²) in [5, 5.41) is 12.7. The summed E-state index contributed by atoms with van der Waals surface area (Å²) in [4.78, 5) is 20.3. The average molecular weight is 238 g/mol. The van der Waals surface area contributed by atoms with Crippen molar-refractivity contribution in [1.29, 1.82) is 0 Å². The molecule has 1 aliphatic heterocycles. The van der Waals surface area contributed by atoms with Crippen LogP contribution < -0.4 is 10.9 Å². The Labute approximate surface area is 99.7 Å². The molecular weight excluding hydrogens is 220 g/mol. The normalized spacial score (nSPS) is 18.2. The minimum atomic E-state index is -0.389. The van der Waals surface area contributed by atoms with Crippen molar-refractivity contribution in [3.8, 4) is 5.88 Å². The molecule has 0 amide bonds. The van der Waals surface area contributed by atoms with E-state index in [2.05, 4.69) is 20.2 Å². The van der Waals surface area contributed by atoms with Crippen molar-refractivity contribution in [2.45, 2.75) is 19.4 Å². The number of piperazine rings is 1. The molecule has 3 N–H and O–H groups in total. The molecular formula is C11H18N4O2. The monoisotopic (exact) mass is 238 g/mol. The molecule has 0 unspecified atom stereocenters. The molecule has 0 spiro atoms. The summed E-state index contributed by atoms with van der Waals surface area (Å²) in [6.07, 6.45) is 0. The number of nitrogens with one attached hydrogen (secondary N) is 2. The number of aromatic amines is 1. The minimum Gasteiger partial charge on any atom is -0.493 e. The van der Waals surface area contributed by atoms with Gasteiger partial charge in [-0.15, -0.1) is 0 Å². The minimum absolute atomic E-state index is 0.230. The van der Waals surface area contributed by atoms with E-state index in [0.29, 0.717) is 5.82 Å². The quantitative estimate of drug-likeness (QED) is 0.654. The first-order chi connectivity index (χ1) is 8.00. The van der Waals surface area contributed by atoms with Crippen LogP contribution in [0.15, 0.2) is 10.9 Å². The predicted octanol–water partition coefficient (Wildman–Crippen LogP) is -0.384. The van der Waals surface area contributed by atoms with Crippen LogP contribution >= 0.6 is 0 Å². The van der Waals surface area contributed by atoms with Crippen molar-refractivity contribution in [2.75, 3.05) is 26.2 Å². The van der Waals surface area contributed by atoms with E-state index in [0.717, 1.165) is 32.2 Å². The highest BCUT2D eigenvalue weighted by Gasteiger charge is 2.32. The Morgan fingerprint density at radius 3 is 2.65 bits per heavy atom. The molecule has 2 rings (SSSR count). The third-order valence-corrected chi connectivity index (χ3v) is 3.22. The van der Waals surface area contributed by atoms with Crippen molar-refractivity contribution in [3.05, 3.63) is 22.2 Å². The Hall–Kier alpha value is -1.40. The van der Waals surface area contributed by atoms with Crippen LogP contribution in [0.2, 0.25) is 0 Å². The van der Waals surface area contributed by atoms with Crippen LogP contribution in [0.1, 0.15) is 19.7 Å². The Kier molecular flexibility index (Phi) is 3.17. The first-order valence-electron chi connectivity index (χ1n) is 5.77. The van der Waals surface area contributed by atoms with E-state index in [1.807, 2.05) is 13.8 Å². The first kappa shape index (κ1) is 12.1. The number of hydrogen-bond donors (Lipinski definition) is 3. The Balaban J connectivity index is 2.32. The molecule has 1 aliphatic rings. The predicted molar refractivity (Wildman–Crippen MR) is 64.0 cm³/mol. The van der Waals surface area contributed by atoms with Crippen molar-refractivity contribution in [3.63, 3.8) is 0 Å². The van der Waals surface area contributed by atoms with Crippen molar-refractivity contribution < 1.29 is 5.11 Å². The van der Waals surface area contributed by atoms with Gasteiger partial charge in [-0.3, -0.25) is 9.69 Å². The van der Waals surface area contributed by atoms with E-state index in [-0.39, 0.29) is 17.0 Å². The summed E-state index contributed by atoms with van der Waals surface area (Å²) in [6.45, 7) is 7.63. The van der Waals surface area contributed by atoms with E-state index in [9.17, 15) is 9.90 Å². The maximum atomic E-state index is 11.4. The third-order valence-electron chi connectivity index (χ3n) is 3.22. The molecule has 0 saturated carbocycles. The summed E-state index contributed by atoms with van der Waals surface area (Å²) in [7, 11) is 0. The third kappa shape index (κ3) is 2.48. The highest BCUT2D eigenvalue weighted by Crippen LogP contribution is 2.24. The molecule has 1 saturated heterocycles. The molecule has 0 radical (unpaired) electrons. The SMILES string of the molecule is CC(C)(c1nc(O)cc(=O)[nH]1)N1CCNCC1.